The Hall–Kier alpha value is -2.45. The molecular weight excluding hydrogens is 404 g/mol. The van der Waals surface area contributed by atoms with Gasteiger partial charge in [0.15, 0.2) is 0 Å². The summed E-state index contributed by atoms with van der Waals surface area (Å²) in [4.78, 5) is 32.1. The van der Waals surface area contributed by atoms with Gasteiger partial charge in [0.25, 0.3) is 11.8 Å². The highest BCUT2D eigenvalue weighted by molar-refractivity contribution is 7.21. The Morgan fingerprint density at radius 1 is 1.17 bits per heavy atom. The van der Waals surface area contributed by atoms with Crippen LogP contribution in [0.15, 0.2) is 0 Å². The van der Waals surface area contributed by atoms with Crippen LogP contribution in [0.3, 0.4) is 0 Å². The lowest BCUT2D eigenvalue weighted by Crippen LogP contribution is -2.19. The van der Waals surface area contributed by atoms with Crippen LogP contribution in [0, 0.1) is 26.7 Å². The highest BCUT2D eigenvalue weighted by Crippen LogP contribution is 2.41. The van der Waals surface area contributed by atoms with Crippen LogP contribution < -0.4 is 16.8 Å². The maximum Gasteiger partial charge on any atom is 0.268 e. The fourth-order valence-corrected chi connectivity index (χ4v) is 6.50. The number of rotatable bonds is 3. The number of pyridine rings is 1. The molecule has 3 aromatic heterocycles. The van der Waals surface area contributed by atoms with Gasteiger partial charge in [-0.05, 0) is 62.6 Å². The van der Waals surface area contributed by atoms with Gasteiger partial charge in [-0.15, -0.1) is 22.7 Å². The highest BCUT2D eigenvalue weighted by atomic mass is 32.1. The second kappa shape index (κ2) is 7.11. The summed E-state index contributed by atoms with van der Waals surface area (Å²) in [5.74, 6) is -0.265. The van der Waals surface area contributed by atoms with Crippen LogP contribution in [0.1, 0.15) is 60.6 Å². The van der Waals surface area contributed by atoms with Crippen molar-refractivity contribution in [1.29, 1.82) is 0 Å². The summed E-state index contributed by atoms with van der Waals surface area (Å²) in [6.45, 7) is 8.15. The molecule has 6 nitrogen and oxygen atoms in total. The lowest BCUT2D eigenvalue weighted by molar-refractivity contribution is 0.1000. The Labute approximate surface area is 177 Å². The highest BCUT2D eigenvalue weighted by Gasteiger charge is 2.28. The van der Waals surface area contributed by atoms with Crippen molar-refractivity contribution in [2.45, 2.75) is 47.0 Å². The molecular formula is C21H24N4O2S2. The molecule has 1 unspecified atom stereocenters. The van der Waals surface area contributed by atoms with Crippen molar-refractivity contribution in [1.82, 2.24) is 4.98 Å². The first kappa shape index (κ1) is 19.8. The molecule has 4 rings (SSSR count). The van der Waals surface area contributed by atoms with Crippen molar-refractivity contribution < 1.29 is 9.59 Å². The van der Waals surface area contributed by atoms with E-state index in [1.165, 1.54) is 22.7 Å². The van der Waals surface area contributed by atoms with Crippen molar-refractivity contribution in [2.75, 3.05) is 11.1 Å². The quantitative estimate of drug-likeness (QED) is 0.576. The number of hydrogen-bond acceptors (Lipinski definition) is 6. The number of carbonyl (C=O) groups is 2. The minimum absolute atomic E-state index is 0.325. The summed E-state index contributed by atoms with van der Waals surface area (Å²) in [5, 5.41) is 4.27. The number of fused-ring (bicyclic) bond motifs is 2. The SMILES string of the molecule is Cc1nc2sc(C(=O)Nc3sc4c(c3C(N)=O)CCC(C)C4)c(N)c2c(C)c1C. The van der Waals surface area contributed by atoms with E-state index in [9.17, 15) is 9.59 Å². The van der Waals surface area contributed by atoms with Crippen molar-refractivity contribution in [3.8, 4) is 0 Å². The molecule has 0 saturated heterocycles. The van der Waals surface area contributed by atoms with Gasteiger partial charge in [-0.3, -0.25) is 9.59 Å². The molecule has 0 aliphatic heterocycles. The average Bonchev–Trinajstić information content (AvgIpc) is 3.16. The number of nitrogens with one attached hydrogen (secondary N) is 1. The predicted molar refractivity (Wildman–Crippen MR) is 120 cm³/mol. The van der Waals surface area contributed by atoms with Crippen LogP contribution in [-0.2, 0) is 12.8 Å². The molecule has 0 fully saturated rings. The van der Waals surface area contributed by atoms with E-state index in [0.717, 1.165) is 56.7 Å². The minimum Gasteiger partial charge on any atom is -0.397 e. The summed E-state index contributed by atoms with van der Waals surface area (Å²) in [5.41, 5.74) is 16.9. The number of anilines is 2. The topological polar surface area (TPSA) is 111 Å². The van der Waals surface area contributed by atoms with Gasteiger partial charge in [0, 0.05) is 16.0 Å². The van der Waals surface area contributed by atoms with Crippen LogP contribution in [0.4, 0.5) is 10.7 Å². The third-order valence-electron chi connectivity index (χ3n) is 5.87. The number of aromatic nitrogens is 1. The first-order valence-electron chi connectivity index (χ1n) is 9.60. The van der Waals surface area contributed by atoms with Gasteiger partial charge in [0.1, 0.15) is 14.7 Å². The molecule has 2 amide bonds. The normalized spacial score (nSPS) is 16.1. The lowest BCUT2D eigenvalue weighted by atomic mass is 9.88. The summed E-state index contributed by atoms with van der Waals surface area (Å²) >= 11 is 2.73. The zero-order valence-electron chi connectivity index (χ0n) is 16.9. The molecule has 0 radical (unpaired) electrons. The van der Waals surface area contributed by atoms with Gasteiger partial charge < -0.3 is 16.8 Å². The Kier molecular flexibility index (Phi) is 4.86. The number of nitrogens with two attached hydrogens (primary N) is 2. The van der Waals surface area contributed by atoms with Gasteiger partial charge in [0.05, 0.1) is 11.3 Å². The zero-order valence-corrected chi connectivity index (χ0v) is 18.6. The fourth-order valence-electron chi connectivity index (χ4n) is 4.00. The number of nitrogens with zero attached hydrogens (tertiary/aromatic N) is 1. The van der Waals surface area contributed by atoms with E-state index in [1.807, 2.05) is 20.8 Å². The average molecular weight is 429 g/mol. The Morgan fingerprint density at radius 2 is 1.90 bits per heavy atom. The number of primary amides is 1. The molecule has 1 aliphatic carbocycles. The third-order valence-corrected chi connectivity index (χ3v) is 8.14. The molecule has 3 aromatic rings. The van der Waals surface area contributed by atoms with E-state index in [2.05, 4.69) is 17.2 Å². The number of thiophene rings is 2. The molecule has 3 heterocycles. The Morgan fingerprint density at radius 3 is 2.59 bits per heavy atom. The van der Waals surface area contributed by atoms with Crippen LogP contribution in [-0.4, -0.2) is 16.8 Å². The number of nitrogen functional groups attached to an aromatic ring is 1. The monoisotopic (exact) mass is 428 g/mol. The molecule has 29 heavy (non-hydrogen) atoms. The number of carbonyl (C=O) groups excluding carboxylic acids is 2. The first-order valence-corrected chi connectivity index (χ1v) is 11.2. The Bertz CT molecular complexity index is 1180. The molecule has 1 atom stereocenters. The van der Waals surface area contributed by atoms with Crippen molar-refractivity contribution in [3.05, 3.63) is 37.7 Å². The number of aryl methyl sites for hydroxylation is 2. The molecule has 152 valence electrons. The van der Waals surface area contributed by atoms with E-state index in [4.69, 9.17) is 11.5 Å². The second-order valence-electron chi connectivity index (χ2n) is 7.85. The zero-order chi connectivity index (χ0) is 21.0. The maximum absolute atomic E-state index is 13.1. The van der Waals surface area contributed by atoms with E-state index in [0.29, 0.717) is 27.0 Å². The van der Waals surface area contributed by atoms with Crippen molar-refractivity contribution in [3.63, 3.8) is 0 Å². The standard InChI is InChI=1S/C21H24N4O2S2/c1-8-5-6-12-13(7-8)28-21(15(12)18(23)26)25-19(27)17-16(22)14-10(3)9(2)11(4)24-20(14)29-17/h8H,5-7,22H2,1-4H3,(H2,23,26)(H,25,27). The Balaban J connectivity index is 1.75. The maximum atomic E-state index is 13.1. The molecule has 8 heteroatoms. The summed E-state index contributed by atoms with van der Waals surface area (Å²) < 4.78 is 0. The molecule has 1 aliphatic rings. The lowest BCUT2D eigenvalue weighted by Gasteiger charge is -2.18. The van der Waals surface area contributed by atoms with Crippen LogP contribution in [0.5, 0.6) is 0 Å². The van der Waals surface area contributed by atoms with Gasteiger partial charge in [-0.1, -0.05) is 6.92 Å². The van der Waals surface area contributed by atoms with Crippen LogP contribution in [0.2, 0.25) is 0 Å². The third kappa shape index (κ3) is 3.20. The van der Waals surface area contributed by atoms with E-state index in [1.54, 1.807) is 0 Å². The minimum atomic E-state index is -0.500. The second-order valence-corrected chi connectivity index (χ2v) is 9.95. The van der Waals surface area contributed by atoms with Crippen molar-refractivity contribution in [2.24, 2.45) is 11.7 Å². The van der Waals surface area contributed by atoms with Crippen LogP contribution >= 0.6 is 22.7 Å². The van der Waals surface area contributed by atoms with Gasteiger partial charge in [0.2, 0.25) is 0 Å². The van der Waals surface area contributed by atoms with E-state index < -0.39 is 5.91 Å². The number of hydrogen-bond donors (Lipinski definition) is 3. The molecule has 0 bridgehead atoms. The van der Waals surface area contributed by atoms with Crippen LogP contribution in [0.25, 0.3) is 10.2 Å². The number of amides is 2. The largest absolute Gasteiger partial charge is 0.397 e. The smallest absolute Gasteiger partial charge is 0.268 e. The van der Waals surface area contributed by atoms with Crippen molar-refractivity contribution >= 4 is 55.4 Å². The van der Waals surface area contributed by atoms with E-state index >= 15 is 0 Å². The van der Waals surface area contributed by atoms with E-state index in [-0.39, 0.29) is 5.91 Å². The van der Waals surface area contributed by atoms with Gasteiger partial charge in [-0.25, -0.2) is 4.98 Å². The predicted octanol–water partition coefficient (Wildman–Crippen LogP) is 4.34. The molecule has 0 aromatic carbocycles. The molecule has 0 saturated carbocycles. The van der Waals surface area contributed by atoms with Gasteiger partial charge in [-0.2, -0.15) is 0 Å². The van der Waals surface area contributed by atoms with Gasteiger partial charge >= 0.3 is 0 Å². The summed E-state index contributed by atoms with van der Waals surface area (Å²) in [6.07, 6.45) is 2.74. The summed E-state index contributed by atoms with van der Waals surface area (Å²) in [6, 6.07) is 0. The molecule has 0 spiro atoms. The first-order chi connectivity index (χ1) is 13.7. The summed E-state index contributed by atoms with van der Waals surface area (Å²) in [7, 11) is 0. The molecule has 5 N–H and O–H groups in total. The fraction of sp³-hybridized carbons (Fsp3) is 0.381.